The second-order valence-electron chi connectivity index (χ2n) is 5.80. The normalized spacial score (nSPS) is 12.3. The summed E-state index contributed by atoms with van der Waals surface area (Å²) < 4.78 is 37.8. The summed E-state index contributed by atoms with van der Waals surface area (Å²) >= 11 is 5.85. The Morgan fingerprint density at radius 1 is 1.07 bits per heavy atom. The minimum absolute atomic E-state index is 0.0528. The first kappa shape index (κ1) is 20.7. The first-order valence-corrected chi connectivity index (χ1v) is 8.20. The molecule has 144 valence electrons. The average molecular weight is 401 g/mol. The van der Waals surface area contributed by atoms with Gasteiger partial charge in [0.2, 0.25) is 5.91 Å². The van der Waals surface area contributed by atoms with Gasteiger partial charge in [0, 0.05) is 11.4 Å². The van der Waals surface area contributed by atoms with Crippen LogP contribution in [0.2, 0.25) is 5.02 Å². The lowest BCUT2D eigenvalue weighted by molar-refractivity contribution is -0.137. The van der Waals surface area contributed by atoms with E-state index in [0.717, 1.165) is 12.1 Å². The molecule has 0 bridgehead atoms. The zero-order valence-corrected chi connectivity index (χ0v) is 14.6. The van der Waals surface area contributed by atoms with E-state index >= 15 is 0 Å². The van der Waals surface area contributed by atoms with Crippen molar-refractivity contribution < 1.29 is 28.0 Å². The molecular formula is C18H16ClF3N2O3. The van der Waals surface area contributed by atoms with Crippen molar-refractivity contribution in [2.45, 2.75) is 25.1 Å². The Morgan fingerprint density at radius 2 is 1.74 bits per heavy atom. The Hall–Kier alpha value is -2.58. The van der Waals surface area contributed by atoms with Crippen LogP contribution in [0.25, 0.3) is 0 Å². The molecule has 2 rings (SSSR count). The summed E-state index contributed by atoms with van der Waals surface area (Å²) in [6, 6.07) is 9.64. The number of hydrogen-bond acceptors (Lipinski definition) is 3. The molecule has 0 aliphatic rings. The number of benzene rings is 2. The summed E-state index contributed by atoms with van der Waals surface area (Å²) in [6.07, 6.45) is -4.61. The average Bonchev–Trinajstić information content (AvgIpc) is 2.60. The summed E-state index contributed by atoms with van der Waals surface area (Å²) in [6.45, 7) is 0. The highest BCUT2D eigenvalue weighted by atomic mass is 35.5. The Kier molecular flexibility index (Phi) is 6.81. The zero-order valence-electron chi connectivity index (χ0n) is 13.9. The first-order valence-electron chi connectivity index (χ1n) is 7.83. The maximum Gasteiger partial charge on any atom is 0.416 e. The van der Waals surface area contributed by atoms with E-state index in [4.69, 9.17) is 16.8 Å². The minimum atomic E-state index is -4.47. The van der Waals surface area contributed by atoms with Crippen molar-refractivity contribution in [3.8, 4) is 0 Å². The molecule has 0 saturated heterocycles. The van der Waals surface area contributed by atoms with Crippen LogP contribution in [0, 0.1) is 0 Å². The van der Waals surface area contributed by atoms with Crippen molar-refractivity contribution in [1.29, 1.82) is 0 Å². The van der Waals surface area contributed by atoms with Gasteiger partial charge in [-0.3, -0.25) is 14.8 Å². The number of hydroxylamine groups is 1. The molecular weight excluding hydrogens is 385 g/mol. The molecule has 0 saturated carbocycles. The van der Waals surface area contributed by atoms with Gasteiger partial charge >= 0.3 is 6.18 Å². The Morgan fingerprint density at radius 3 is 2.30 bits per heavy atom. The second-order valence-corrected chi connectivity index (χ2v) is 6.24. The van der Waals surface area contributed by atoms with Crippen LogP contribution >= 0.6 is 11.6 Å². The van der Waals surface area contributed by atoms with Crippen LogP contribution in [0.5, 0.6) is 0 Å². The number of amides is 2. The Labute approximate surface area is 158 Å². The first-order chi connectivity index (χ1) is 12.7. The molecule has 0 aliphatic carbocycles. The molecule has 0 aliphatic heterocycles. The molecule has 0 heterocycles. The lowest BCUT2D eigenvalue weighted by Crippen LogP contribution is -2.47. The van der Waals surface area contributed by atoms with E-state index in [9.17, 15) is 22.8 Å². The van der Waals surface area contributed by atoms with Gasteiger partial charge in [0.25, 0.3) is 5.91 Å². The summed E-state index contributed by atoms with van der Waals surface area (Å²) in [5, 5.41) is 11.8. The third-order valence-corrected chi connectivity index (χ3v) is 3.97. The van der Waals surface area contributed by atoms with E-state index in [1.807, 2.05) is 0 Å². The fourth-order valence-electron chi connectivity index (χ4n) is 2.43. The number of alkyl halides is 3. The van der Waals surface area contributed by atoms with Gasteiger partial charge < -0.3 is 5.32 Å². The summed E-state index contributed by atoms with van der Waals surface area (Å²) in [7, 11) is 0. The number of carbonyl (C=O) groups excluding carboxylic acids is 2. The number of halogens is 4. The molecule has 1 atom stereocenters. The maximum atomic E-state index is 12.6. The summed E-state index contributed by atoms with van der Waals surface area (Å²) in [5.41, 5.74) is 1.64. The summed E-state index contributed by atoms with van der Waals surface area (Å²) in [5.74, 6) is -1.38. The van der Waals surface area contributed by atoms with Gasteiger partial charge in [-0.25, -0.2) is 5.48 Å². The number of rotatable bonds is 6. The lowest BCUT2D eigenvalue weighted by Gasteiger charge is -2.17. The van der Waals surface area contributed by atoms with Crippen LogP contribution in [0.3, 0.4) is 0 Å². The molecule has 0 aromatic heterocycles. The standard InChI is InChI=1S/C18H16ClF3N2O3/c19-14-3-1-2-12(8-14)10-16(25)23-15(17(26)24-27)9-11-4-6-13(7-5-11)18(20,21)22/h1-8,15,27H,9-10H2,(H,23,25)(H,24,26)/t15-/m0/s1. The van der Waals surface area contributed by atoms with Crippen LogP contribution in [0.4, 0.5) is 13.2 Å². The summed E-state index contributed by atoms with van der Waals surface area (Å²) in [4.78, 5) is 24.0. The van der Waals surface area contributed by atoms with Crippen LogP contribution in [-0.2, 0) is 28.6 Å². The largest absolute Gasteiger partial charge is 0.416 e. The van der Waals surface area contributed by atoms with E-state index in [0.29, 0.717) is 16.1 Å². The van der Waals surface area contributed by atoms with E-state index < -0.39 is 29.6 Å². The SMILES string of the molecule is O=C(Cc1cccc(Cl)c1)N[C@@H](Cc1ccc(C(F)(F)F)cc1)C(=O)NO. The predicted octanol–water partition coefficient (Wildman–Crippen LogP) is 3.13. The molecule has 3 N–H and O–H groups in total. The Bertz CT molecular complexity index is 810. The fraction of sp³-hybridized carbons (Fsp3) is 0.222. The van der Waals surface area contributed by atoms with Crippen LogP contribution in [0.15, 0.2) is 48.5 Å². The van der Waals surface area contributed by atoms with E-state index in [1.165, 1.54) is 17.6 Å². The number of nitrogens with one attached hydrogen (secondary N) is 2. The molecule has 0 fully saturated rings. The molecule has 2 amide bonds. The van der Waals surface area contributed by atoms with Gasteiger partial charge in [-0.1, -0.05) is 35.9 Å². The topological polar surface area (TPSA) is 78.4 Å². The highest BCUT2D eigenvalue weighted by molar-refractivity contribution is 6.30. The van der Waals surface area contributed by atoms with Crippen molar-refractivity contribution in [2.24, 2.45) is 0 Å². The lowest BCUT2D eigenvalue weighted by atomic mass is 10.0. The number of hydrogen-bond donors (Lipinski definition) is 3. The van der Waals surface area contributed by atoms with E-state index in [-0.39, 0.29) is 12.8 Å². The third kappa shape index (κ3) is 6.26. The van der Waals surface area contributed by atoms with Gasteiger partial charge in [-0.2, -0.15) is 13.2 Å². The van der Waals surface area contributed by atoms with E-state index in [2.05, 4.69) is 5.32 Å². The molecule has 2 aromatic rings. The van der Waals surface area contributed by atoms with Gasteiger partial charge in [-0.15, -0.1) is 0 Å². The van der Waals surface area contributed by atoms with Crippen LogP contribution in [-0.4, -0.2) is 23.1 Å². The van der Waals surface area contributed by atoms with Gasteiger partial charge in [0.05, 0.1) is 12.0 Å². The predicted molar refractivity (Wildman–Crippen MR) is 92.2 cm³/mol. The monoisotopic (exact) mass is 400 g/mol. The molecule has 2 aromatic carbocycles. The van der Waals surface area contributed by atoms with Crippen molar-refractivity contribution in [3.63, 3.8) is 0 Å². The minimum Gasteiger partial charge on any atom is -0.344 e. The van der Waals surface area contributed by atoms with Gasteiger partial charge in [0.15, 0.2) is 0 Å². The van der Waals surface area contributed by atoms with Gasteiger partial charge in [-0.05, 0) is 35.4 Å². The number of carbonyl (C=O) groups is 2. The molecule has 5 nitrogen and oxygen atoms in total. The highest BCUT2D eigenvalue weighted by Gasteiger charge is 2.30. The molecule has 9 heteroatoms. The van der Waals surface area contributed by atoms with Crippen LogP contribution in [0.1, 0.15) is 16.7 Å². The smallest absolute Gasteiger partial charge is 0.344 e. The molecule has 0 unspecified atom stereocenters. The molecule has 0 radical (unpaired) electrons. The zero-order chi connectivity index (χ0) is 20.0. The van der Waals surface area contributed by atoms with Crippen molar-refractivity contribution >= 4 is 23.4 Å². The molecule has 0 spiro atoms. The van der Waals surface area contributed by atoms with Gasteiger partial charge in [0.1, 0.15) is 6.04 Å². The van der Waals surface area contributed by atoms with Crippen molar-refractivity contribution in [2.75, 3.05) is 0 Å². The van der Waals surface area contributed by atoms with E-state index in [1.54, 1.807) is 24.3 Å². The maximum absolute atomic E-state index is 12.6. The Balaban J connectivity index is 2.06. The second kappa shape index (κ2) is 8.88. The van der Waals surface area contributed by atoms with Crippen molar-refractivity contribution in [3.05, 3.63) is 70.2 Å². The third-order valence-electron chi connectivity index (χ3n) is 3.74. The molecule has 27 heavy (non-hydrogen) atoms. The van der Waals surface area contributed by atoms with Crippen LogP contribution < -0.4 is 10.8 Å². The quantitative estimate of drug-likeness (QED) is 0.515. The fourth-order valence-corrected chi connectivity index (χ4v) is 2.64. The van der Waals surface area contributed by atoms with Crippen molar-refractivity contribution in [1.82, 2.24) is 10.8 Å². The highest BCUT2D eigenvalue weighted by Crippen LogP contribution is 2.29.